The van der Waals surface area contributed by atoms with Gasteiger partial charge in [-0.3, -0.25) is 9.89 Å². The minimum atomic E-state index is -0.0965. The zero-order chi connectivity index (χ0) is 17.1. The SMILES string of the molecule is CCOc1ccc(CN(C)C(=O)c2n[nH]c3ccc(C)cc23)cc1. The summed E-state index contributed by atoms with van der Waals surface area (Å²) in [7, 11) is 1.79. The number of carbonyl (C=O) groups is 1. The molecule has 0 aliphatic carbocycles. The predicted octanol–water partition coefficient (Wildman–Crippen LogP) is 3.54. The molecule has 1 N–H and O–H groups in total. The van der Waals surface area contributed by atoms with Crippen LogP contribution in [0.3, 0.4) is 0 Å². The van der Waals surface area contributed by atoms with Crippen molar-refractivity contribution in [2.24, 2.45) is 0 Å². The lowest BCUT2D eigenvalue weighted by molar-refractivity contribution is 0.0781. The Morgan fingerprint density at radius 1 is 1.21 bits per heavy atom. The van der Waals surface area contributed by atoms with Crippen LogP contribution >= 0.6 is 0 Å². The van der Waals surface area contributed by atoms with Crippen LogP contribution in [0.5, 0.6) is 5.75 Å². The molecular formula is C19H21N3O2. The van der Waals surface area contributed by atoms with Gasteiger partial charge in [-0.2, -0.15) is 5.10 Å². The molecule has 0 unspecified atom stereocenters. The fourth-order valence-corrected chi connectivity index (χ4v) is 2.68. The van der Waals surface area contributed by atoms with Crippen LogP contribution in [-0.2, 0) is 6.54 Å². The summed E-state index contributed by atoms with van der Waals surface area (Å²) in [5.74, 6) is 0.740. The average Bonchev–Trinajstić information content (AvgIpc) is 2.99. The van der Waals surface area contributed by atoms with Crippen LogP contribution in [-0.4, -0.2) is 34.7 Å². The van der Waals surface area contributed by atoms with Crippen molar-refractivity contribution in [3.05, 3.63) is 59.3 Å². The van der Waals surface area contributed by atoms with E-state index in [2.05, 4.69) is 10.2 Å². The summed E-state index contributed by atoms with van der Waals surface area (Å²) in [5, 5.41) is 7.98. The molecule has 124 valence electrons. The first-order chi connectivity index (χ1) is 11.6. The van der Waals surface area contributed by atoms with Crippen molar-refractivity contribution in [1.82, 2.24) is 15.1 Å². The molecule has 0 bridgehead atoms. The van der Waals surface area contributed by atoms with E-state index in [9.17, 15) is 4.79 Å². The van der Waals surface area contributed by atoms with Gasteiger partial charge in [-0.1, -0.05) is 23.8 Å². The number of benzene rings is 2. The predicted molar refractivity (Wildman–Crippen MR) is 94.2 cm³/mol. The van der Waals surface area contributed by atoms with E-state index in [1.54, 1.807) is 11.9 Å². The molecule has 3 rings (SSSR count). The minimum absolute atomic E-state index is 0.0965. The summed E-state index contributed by atoms with van der Waals surface area (Å²) in [6.07, 6.45) is 0. The largest absolute Gasteiger partial charge is 0.494 e. The zero-order valence-electron chi connectivity index (χ0n) is 14.2. The number of H-pyrrole nitrogens is 1. The van der Waals surface area contributed by atoms with Gasteiger partial charge in [0.1, 0.15) is 5.75 Å². The molecule has 1 heterocycles. The van der Waals surface area contributed by atoms with Crippen LogP contribution in [0.15, 0.2) is 42.5 Å². The van der Waals surface area contributed by atoms with Crippen LogP contribution < -0.4 is 4.74 Å². The van der Waals surface area contributed by atoms with Gasteiger partial charge in [0.05, 0.1) is 12.1 Å². The molecule has 0 saturated carbocycles. The van der Waals surface area contributed by atoms with Gasteiger partial charge in [0, 0.05) is 19.0 Å². The standard InChI is InChI=1S/C19H21N3O2/c1-4-24-15-8-6-14(7-9-15)12-22(3)19(23)18-16-11-13(2)5-10-17(16)20-21-18/h5-11H,4,12H2,1-3H3,(H,20,21). The molecule has 3 aromatic rings. The van der Waals surface area contributed by atoms with Crippen molar-refractivity contribution in [2.45, 2.75) is 20.4 Å². The highest BCUT2D eigenvalue weighted by atomic mass is 16.5. The Hall–Kier alpha value is -2.82. The van der Waals surface area contributed by atoms with Crippen LogP contribution in [0.4, 0.5) is 0 Å². The van der Waals surface area contributed by atoms with Crippen LogP contribution in [0, 0.1) is 6.92 Å². The van der Waals surface area contributed by atoms with Crippen molar-refractivity contribution in [2.75, 3.05) is 13.7 Å². The summed E-state index contributed by atoms with van der Waals surface area (Å²) in [6, 6.07) is 13.7. The van der Waals surface area contributed by atoms with Crippen molar-refractivity contribution in [1.29, 1.82) is 0 Å². The molecule has 0 saturated heterocycles. The summed E-state index contributed by atoms with van der Waals surface area (Å²) < 4.78 is 5.44. The molecule has 5 nitrogen and oxygen atoms in total. The average molecular weight is 323 g/mol. The van der Waals surface area contributed by atoms with E-state index >= 15 is 0 Å². The molecule has 2 aromatic carbocycles. The number of nitrogens with zero attached hydrogens (tertiary/aromatic N) is 2. The van der Waals surface area contributed by atoms with Gasteiger partial charge in [0.2, 0.25) is 0 Å². The van der Waals surface area contributed by atoms with E-state index in [1.807, 2.05) is 56.3 Å². The number of hydrogen-bond acceptors (Lipinski definition) is 3. The number of fused-ring (bicyclic) bond motifs is 1. The topological polar surface area (TPSA) is 58.2 Å². The number of aromatic nitrogens is 2. The summed E-state index contributed by atoms with van der Waals surface area (Å²) in [6.45, 7) is 5.12. The van der Waals surface area contributed by atoms with Gasteiger partial charge >= 0.3 is 0 Å². The third-order valence-electron chi connectivity index (χ3n) is 3.92. The molecule has 0 fully saturated rings. The number of aromatic amines is 1. The summed E-state index contributed by atoms with van der Waals surface area (Å²) >= 11 is 0. The molecule has 5 heteroatoms. The van der Waals surface area contributed by atoms with Crippen molar-refractivity contribution in [3.8, 4) is 5.75 Å². The van der Waals surface area contributed by atoms with E-state index in [0.717, 1.165) is 27.8 Å². The third-order valence-corrected chi connectivity index (χ3v) is 3.92. The van der Waals surface area contributed by atoms with E-state index < -0.39 is 0 Å². The highest BCUT2D eigenvalue weighted by molar-refractivity contribution is 6.04. The molecule has 0 spiro atoms. The lowest BCUT2D eigenvalue weighted by atomic mass is 10.1. The van der Waals surface area contributed by atoms with Crippen LogP contribution in [0.2, 0.25) is 0 Å². The molecule has 1 aromatic heterocycles. The Morgan fingerprint density at radius 2 is 1.96 bits per heavy atom. The van der Waals surface area contributed by atoms with Gasteiger partial charge in [-0.15, -0.1) is 0 Å². The van der Waals surface area contributed by atoms with Gasteiger partial charge in [0.25, 0.3) is 5.91 Å². The Kier molecular flexibility index (Phi) is 4.51. The third kappa shape index (κ3) is 3.25. The maximum atomic E-state index is 12.7. The van der Waals surface area contributed by atoms with Crippen molar-refractivity contribution < 1.29 is 9.53 Å². The second-order valence-electron chi connectivity index (χ2n) is 5.86. The van der Waals surface area contributed by atoms with Crippen LogP contribution in [0.25, 0.3) is 10.9 Å². The number of amides is 1. The van der Waals surface area contributed by atoms with Crippen LogP contribution in [0.1, 0.15) is 28.5 Å². The molecule has 0 aliphatic rings. The Balaban J connectivity index is 1.77. The lowest BCUT2D eigenvalue weighted by Crippen LogP contribution is -2.26. The Labute approximate surface area is 141 Å². The fourth-order valence-electron chi connectivity index (χ4n) is 2.68. The van der Waals surface area contributed by atoms with Crippen molar-refractivity contribution >= 4 is 16.8 Å². The molecule has 0 radical (unpaired) electrons. The van der Waals surface area contributed by atoms with Gasteiger partial charge in [-0.05, 0) is 43.7 Å². The van der Waals surface area contributed by atoms with E-state index in [1.165, 1.54) is 0 Å². The second-order valence-corrected chi connectivity index (χ2v) is 5.86. The second kappa shape index (κ2) is 6.74. The van der Waals surface area contributed by atoms with Crippen molar-refractivity contribution in [3.63, 3.8) is 0 Å². The minimum Gasteiger partial charge on any atom is -0.494 e. The monoisotopic (exact) mass is 323 g/mol. The number of ether oxygens (including phenoxy) is 1. The molecule has 1 amide bonds. The zero-order valence-corrected chi connectivity index (χ0v) is 14.2. The van der Waals surface area contributed by atoms with E-state index in [0.29, 0.717) is 18.8 Å². The summed E-state index contributed by atoms with van der Waals surface area (Å²) in [4.78, 5) is 14.4. The van der Waals surface area contributed by atoms with Gasteiger partial charge in [-0.25, -0.2) is 0 Å². The molecule has 0 aliphatic heterocycles. The fraction of sp³-hybridized carbons (Fsp3) is 0.263. The van der Waals surface area contributed by atoms with E-state index in [-0.39, 0.29) is 5.91 Å². The molecule has 0 atom stereocenters. The first-order valence-corrected chi connectivity index (χ1v) is 8.00. The smallest absolute Gasteiger partial charge is 0.275 e. The normalized spacial score (nSPS) is 10.8. The Morgan fingerprint density at radius 3 is 2.67 bits per heavy atom. The van der Waals surface area contributed by atoms with Gasteiger partial charge < -0.3 is 9.64 Å². The van der Waals surface area contributed by atoms with E-state index in [4.69, 9.17) is 4.74 Å². The summed E-state index contributed by atoms with van der Waals surface area (Å²) in [5.41, 5.74) is 3.48. The number of aryl methyl sites for hydroxylation is 1. The maximum Gasteiger partial charge on any atom is 0.275 e. The Bertz CT molecular complexity index is 853. The highest BCUT2D eigenvalue weighted by Gasteiger charge is 2.18. The number of nitrogens with one attached hydrogen (secondary N) is 1. The highest BCUT2D eigenvalue weighted by Crippen LogP contribution is 2.20. The molecular weight excluding hydrogens is 302 g/mol. The number of carbonyl (C=O) groups excluding carboxylic acids is 1. The number of rotatable bonds is 5. The lowest BCUT2D eigenvalue weighted by Gasteiger charge is -2.16. The number of hydrogen-bond donors (Lipinski definition) is 1. The quantitative estimate of drug-likeness (QED) is 0.781. The first kappa shape index (κ1) is 16.1. The first-order valence-electron chi connectivity index (χ1n) is 8.00. The maximum absolute atomic E-state index is 12.7. The molecule has 24 heavy (non-hydrogen) atoms. The van der Waals surface area contributed by atoms with Gasteiger partial charge in [0.15, 0.2) is 5.69 Å².